The van der Waals surface area contributed by atoms with Crippen LogP contribution in [0.5, 0.6) is 6.01 Å². The Labute approximate surface area is 232 Å². The topological polar surface area (TPSA) is 86.0 Å². The highest BCUT2D eigenvalue weighted by Gasteiger charge is 2.50. The van der Waals surface area contributed by atoms with Gasteiger partial charge in [-0.3, -0.25) is 4.90 Å². The summed E-state index contributed by atoms with van der Waals surface area (Å²) in [6.07, 6.45) is 4.60. The molecule has 40 heavy (non-hydrogen) atoms. The van der Waals surface area contributed by atoms with Crippen molar-refractivity contribution in [3.05, 3.63) is 40.6 Å². The Hall–Kier alpha value is -2.63. The molecule has 8 nitrogen and oxygen atoms in total. The molecular formula is C29H36F3N5O3. The minimum Gasteiger partial charge on any atom is -0.461 e. The average molecular weight is 560 g/mol. The third-order valence-corrected chi connectivity index (χ3v) is 9.42. The molecule has 4 aliphatic heterocycles. The number of alkyl halides is 3. The van der Waals surface area contributed by atoms with Crippen LogP contribution < -0.4 is 15.4 Å². The molecule has 1 spiro atoms. The highest BCUT2D eigenvalue weighted by molar-refractivity contribution is 5.54. The molecule has 0 radical (unpaired) electrons. The molecule has 2 aromatic rings. The number of nitrogens with zero attached hydrogens (tertiary/aromatic N) is 4. The van der Waals surface area contributed by atoms with E-state index in [4.69, 9.17) is 29.9 Å². The van der Waals surface area contributed by atoms with Crippen LogP contribution in [0.2, 0.25) is 0 Å². The second kappa shape index (κ2) is 9.73. The summed E-state index contributed by atoms with van der Waals surface area (Å²) in [5.41, 5.74) is 9.62. The summed E-state index contributed by atoms with van der Waals surface area (Å²) in [6.45, 7) is 1.04. The van der Waals surface area contributed by atoms with Crippen LogP contribution in [0.25, 0.3) is 0 Å². The summed E-state index contributed by atoms with van der Waals surface area (Å²) >= 11 is 0. The van der Waals surface area contributed by atoms with Crippen LogP contribution in [0.1, 0.15) is 54.5 Å². The molecule has 11 heteroatoms. The van der Waals surface area contributed by atoms with Gasteiger partial charge in [-0.05, 0) is 61.9 Å². The van der Waals surface area contributed by atoms with Crippen molar-refractivity contribution in [1.29, 1.82) is 0 Å². The summed E-state index contributed by atoms with van der Waals surface area (Å²) in [5, 5.41) is 0. The zero-order chi connectivity index (χ0) is 27.5. The van der Waals surface area contributed by atoms with Gasteiger partial charge in [-0.1, -0.05) is 6.07 Å². The van der Waals surface area contributed by atoms with Gasteiger partial charge in [-0.25, -0.2) is 13.2 Å². The zero-order valence-corrected chi connectivity index (χ0v) is 22.6. The van der Waals surface area contributed by atoms with E-state index in [0.29, 0.717) is 36.5 Å². The number of benzene rings is 1. The number of hydrogen-bond acceptors (Lipinski definition) is 8. The fourth-order valence-corrected chi connectivity index (χ4v) is 7.54. The number of aromatic nitrogens is 2. The number of ether oxygens (including phenoxy) is 3. The lowest BCUT2D eigenvalue weighted by Gasteiger charge is -2.43. The van der Waals surface area contributed by atoms with Gasteiger partial charge < -0.3 is 24.8 Å². The van der Waals surface area contributed by atoms with E-state index in [-0.39, 0.29) is 37.9 Å². The zero-order valence-electron chi connectivity index (χ0n) is 22.6. The minimum absolute atomic E-state index is 0.145. The number of aryl methyl sites for hydroxylation is 1. The third-order valence-electron chi connectivity index (χ3n) is 9.42. The van der Waals surface area contributed by atoms with Crippen molar-refractivity contribution in [1.82, 2.24) is 14.9 Å². The number of halogens is 3. The van der Waals surface area contributed by atoms with E-state index in [1.807, 2.05) is 12.1 Å². The first-order chi connectivity index (χ1) is 19.2. The van der Waals surface area contributed by atoms with Crippen LogP contribution in [0, 0.1) is 0 Å². The summed E-state index contributed by atoms with van der Waals surface area (Å²) in [5.74, 6) is -2.62. The Morgan fingerprint density at radius 1 is 1.15 bits per heavy atom. The summed E-state index contributed by atoms with van der Waals surface area (Å²) < 4.78 is 61.7. The Bertz CT molecular complexity index is 1300. The van der Waals surface area contributed by atoms with Crippen molar-refractivity contribution in [2.45, 2.75) is 74.8 Å². The maximum atomic E-state index is 14.6. The minimum atomic E-state index is -3.02. The Kier molecular flexibility index (Phi) is 6.40. The van der Waals surface area contributed by atoms with Gasteiger partial charge in [0.2, 0.25) is 0 Å². The second-order valence-electron chi connectivity index (χ2n) is 12.2. The van der Waals surface area contributed by atoms with Crippen LogP contribution in [-0.4, -0.2) is 78.5 Å². The van der Waals surface area contributed by atoms with Crippen molar-refractivity contribution >= 4 is 11.5 Å². The fourth-order valence-electron chi connectivity index (χ4n) is 7.54. The van der Waals surface area contributed by atoms with Gasteiger partial charge in [0.15, 0.2) is 0 Å². The molecule has 3 unspecified atom stereocenters. The van der Waals surface area contributed by atoms with Crippen molar-refractivity contribution in [3.63, 3.8) is 0 Å². The number of nitrogens with two attached hydrogens (primary N) is 1. The molecule has 0 amide bonds. The first-order valence-electron chi connectivity index (χ1n) is 14.4. The molecule has 216 valence electrons. The molecule has 3 saturated heterocycles. The van der Waals surface area contributed by atoms with E-state index in [1.54, 1.807) is 4.90 Å². The lowest BCUT2D eigenvalue weighted by Crippen LogP contribution is -2.44. The molecular weight excluding hydrogens is 523 g/mol. The van der Waals surface area contributed by atoms with Crippen LogP contribution in [0.15, 0.2) is 18.2 Å². The number of nitrogen functional groups attached to an aromatic ring is 1. The van der Waals surface area contributed by atoms with Crippen LogP contribution >= 0.6 is 0 Å². The third kappa shape index (κ3) is 4.59. The monoisotopic (exact) mass is 559 g/mol. The predicted molar refractivity (Wildman–Crippen MR) is 143 cm³/mol. The molecule has 1 aromatic carbocycles. The Morgan fingerprint density at radius 2 is 2.05 bits per heavy atom. The largest absolute Gasteiger partial charge is 0.461 e. The lowest BCUT2D eigenvalue weighted by atomic mass is 9.74. The summed E-state index contributed by atoms with van der Waals surface area (Å²) in [4.78, 5) is 13.3. The average Bonchev–Trinajstić information content (AvgIpc) is 3.38. The highest BCUT2D eigenvalue weighted by Crippen LogP contribution is 2.47. The van der Waals surface area contributed by atoms with E-state index >= 15 is 0 Å². The van der Waals surface area contributed by atoms with Crippen molar-refractivity contribution in [2.24, 2.45) is 0 Å². The van der Waals surface area contributed by atoms with Gasteiger partial charge in [0.1, 0.15) is 25.2 Å². The van der Waals surface area contributed by atoms with Crippen molar-refractivity contribution in [3.8, 4) is 6.01 Å². The molecule has 0 bridgehead atoms. The van der Waals surface area contributed by atoms with Gasteiger partial charge in [-0.15, -0.1) is 0 Å². The highest BCUT2D eigenvalue weighted by atomic mass is 19.3. The maximum absolute atomic E-state index is 14.6. The molecule has 1 aromatic heterocycles. The van der Waals surface area contributed by atoms with Crippen LogP contribution in [0.3, 0.4) is 0 Å². The first-order valence-corrected chi connectivity index (χ1v) is 14.4. The quantitative estimate of drug-likeness (QED) is 0.567. The van der Waals surface area contributed by atoms with E-state index in [1.165, 1.54) is 5.56 Å². The first kappa shape index (κ1) is 26.3. The van der Waals surface area contributed by atoms with Gasteiger partial charge in [0.05, 0.1) is 36.6 Å². The van der Waals surface area contributed by atoms with E-state index in [9.17, 15) is 13.2 Å². The van der Waals surface area contributed by atoms with Crippen molar-refractivity contribution in [2.75, 3.05) is 56.6 Å². The fraction of sp³-hybridized carbons (Fsp3) is 0.655. The normalized spacial score (nSPS) is 31.5. The van der Waals surface area contributed by atoms with Gasteiger partial charge in [0.25, 0.3) is 5.92 Å². The molecule has 2 N–H and O–H groups in total. The molecule has 5 heterocycles. The van der Waals surface area contributed by atoms with E-state index in [2.05, 4.69) is 11.0 Å². The number of fused-ring (bicyclic) bond motifs is 4. The predicted octanol–water partition coefficient (Wildman–Crippen LogP) is 3.79. The molecule has 5 aliphatic rings. The van der Waals surface area contributed by atoms with Crippen molar-refractivity contribution < 1.29 is 27.4 Å². The standard InChI is InChI=1S/C29H36F3N5O3/c30-20-12-27(6-2-8-37(27)14-20)17-39-26-34-24-13-28(7-1-3-19-4-5-21(33)11-23(19)28)40-15-22(24)25(35-26)36-9-10-38-18-29(31,32)16-36/h4-5,11,20H,1-3,6-10,12-18,33H2. The van der Waals surface area contributed by atoms with Gasteiger partial charge in [-0.2, -0.15) is 9.97 Å². The van der Waals surface area contributed by atoms with Crippen LogP contribution in [-0.2, 0) is 34.5 Å². The smallest absolute Gasteiger partial charge is 0.318 e. The van der Waals surface area contributed by atoms with Gasteiger partial charge in [0, 0.05) is 37.2 Å². The SMILES string of the molecule is Nc1ccc2c(c1)C1(CCC2)Cc2nc(OCC34CCCN3CC(F)C4)nc(N3CCOCC(F)(F)C3)c2CO1. The summed E-state index contributed by atoms with van der Waals surface area (Å²) in [7, 11) is 0. The number of hydrogen-bond donors (Lipinski definition) is 1. The van der Waals surface area contributed by atoms with E-state index < -0.39 is 30.8 Å². The molecule has 1 aliphatic carbocycles. The molecule has 7 rings (SSSR count). The second-order valence-corrected chi connectivity index (χ2v) is 12.2. The molecule has 3 atom stereocenters. The van der Waals surface area contributed by atoms with Gasteiger partial charge >= 0.3 is 6.01 Å². The lowest BCUT2D eigenvalue weighted by molar-refractivity contribution is -0.0856. The Morgan fingerprint density at radius 3 is 2.95 bits per heavy atom. The molecule has 3 fully saturated rings. The van der Waals surface area contributed by atoms with E-state index in [0.717, 1.165) is 49.9 Å². The van der Waals surface area contributed by atoms with Crippen LogP contribution in [0.4, 0.5) is 24.7 Å². The number of anilines is 2. The maximum Gasteiger partial charge on any atom is 0.318 e. The molecule has 0 saturated carbocycles. The Balaban J connectivity index is 1.26. The number of rotatable bonds is 4. The summed E-state index contributed by atoms with van der Waals surface area (Å²) in [6, 6.07) is 6.12.